The number of halogens is 3. The summed E-state index contributed by atoms with van der Waals surface area (Å²) in [7, 11) is 0. The Morgan fingerprint density at radius 3 is 2.75 bits per heavy atom. The fraction of sp³-hybridized carbons (Fsp3) is 0.167. The molecule has 0 aliphatic carbocycles. The van der Waals surface area contributed by atoms with Crippen LogP contribution in [0.15, 0.2) is 44.0 Å². The van der Waals surface area contributed by atoms with Crippen molar-refractivity contribution in [3.63, 3.8) is 0 Å². The average molecular weight is 381 g/mol. The van der Waals surface area contributed by atoms with Crippen molar-refractivity contribution in [3.8, 4) is 0 Å². The van der Waals surface area contributed by atoms with E-state index in [0.717, 1.165) is 20.9 Å². The van der Waals surface area contributed by atoms with Crippen LogP contribution in [-0.2, 0) is 6.42 Å². The Kier molecular flexibility index (Phi) is 4.48. The van der Waals surface area contributed by atoms with Gasteiger partial charge >= 0.3 is 0 Å². The smallest absolute Gasteiger partial charge is 0.0637 e. The van der Waals surface area contributed by atoms with Crippen molar-refractivity contribution in [3.05, 3.63) is 55.1 Å². The number of rotatable bonds is 3. The minimum Gasteiger partial charge on any atom is -0.152 e. The van der Waals surface area contributed by atoms with Crippen LogP contribution < -0.4 is 0 Å². The molecule has 16 heavy (non-hydrogen) atoms. The lowest BCUT2D eigenvalue weighted by atomic mass is 10.1. The molecule has 1 atom stereocenters. The first-order valence-corrected chi connectivity index (χ1v) is 7.73. The largest absolute Gasteiger partial charge is 0.152 e. The quantitative estimate of drug-likeness (QED) is 0.591. The highest BCUT2D eigenvalue weighted by atomic mass is 79.9. The summed E-state index contributed by atoms with van der Waals surface area (Å²) in [5.74, 6) is 0. The molecule has 0 aliphatic rings. The number of benzene rings is 1. The molecule has 2 rings (SSSR count). The van der Waals surface area contributed by atoms with Gasteiger partial charge in [-0.25, -0.2) is 0 Å². The zero-order valence-corrected chi connectivity index (χ0v) is 13.0. The minimum atomic E-state index is 0.00137. The number of hydrogen-bond acceptors (Lipinski definition) is 1. The van der Waals surface area contributed by atoms with Crippen LogP contribution in [0.5, 0.6) is 0 Å². The fourth-order valence-corrected chi connectivity index (χ4v) is 3.55. The maximum atomic E-state index is 6.43. The van der Waals surface area contributed by atoms with Crippen LogP contribution in [0, 0.1) is 0 Å². The van der Waals surface area contributed by atoms with E-state index >= 15 is 0 Å². The van der Waals surface area contributed by atoms with Crippen LogP contribution >= 0.6 is 54.8 Å². The molecule has 0 spiro atoms. The van der Waals surface area contributed by atoms with E-state index in [1.807, 2.05) is 12.1 Å². The summed E-state index contributed by atoms with van der Waals surface area (Å²) in [5.41, 5.74) is 2.42. The van der Waals surface area contributed by atoms with Crippen LogP contribution in [0.25, 0.3) is 0 Å². The summed E-state index contributed by atoms with van der Waals surface area (Å²) in [6.45, 7) is 0. The fourth-order valence-electron chi connectivity index (χ4n) is 1.48. The molecule has 0 aliphatic heterocycles. The third-order valence-corrected chi connectivity index (χ3v) is 4.63. The SMILES string of the molecule is ClC(Cc1ccsc1)c1cc(Br)ccc1Br. The summed E-state index contributed by atoms with van der Waals surface area (Å²) < 4.78 is 2.12. The highest BCUT2D eigenvalue weighted by Crippen LogP contribution is 2.33. The Labute approximate surface area is 121 Å². The van der Waals surface area contributed by atoms with E-state index in [9.17, 15) is 0 Å². The van der Waals surface area contributed by atoms with E-state index in [-0.39, 0.29) is 5.38 Å². The zero-order valence-electron chi connectivity index (χ0n) is 8.29. The molecule has 1 aromatic carbocycles. The summed E-state index contributed by atoms with van der Waals surface area (Å²) in [4.78, 5) is 0. The molecule has 2 aromatic rings. The van der Waals surface area contributed by atoms with Crippen molar-refractivity contribution in [2.24, 2.45) is 0 Å². The lowest BCUT2D eigenvalue weighted by molar-refractivity contribution is 0.918. The van der Waals surface area contributed by atoms with Gasteiger partial charge in [-0.3, -0.25) is 0 Å². The van der Waals surface area contributed by atoms with Crippen molar-refractivity contribution in [2.75, 3.05) is 0 Å². The molecule has 0 N–H and O–H groups in total. The normalized spacial score (nSPS) is 12.7. The third-order valence-electron chi connectivity index (χ3n) is 2.29. The molecule has 0 fully saturated rings. The molecule has 0 saturated heterocycles. The molecular formula is C12H9Br2ClS. The number of alkyl halides is 1. The Balaban J connectivity index is 2.20. The second-order valence-corrected chi connectivity index (χ2v) is 6.55. The van der Waals surface area contributed by atoms with Crippen LogP contribution in [0.3, 0.4) is 0 Å². The van der Waals surface area contributed by atoms with E-state index < -0.39 is 0 Å². The van der Waals surface area contributed by atoms with E-state index in [1.54, 1.807) is 11.3 Å². The van der Waals surface area contributed by atoms with Gasteiger partial charge in [-0.1, -0.05) is 31.9 Å². The van der Waals surface area contributed by atoms with Gasteiger partial charge in [0.2, 0.25) is 0 Å². The van der Waals surface area contributed by atoms with E-state index in [1.165, 1.54) is 5.56 Å². The monoisotopic (exact) mass is 378 g/mol. The molecule has 1 unspecified atom stereocenters. The Morgan fingerprint density at radius 1 is 1.25 bits per heavy atom. The van der Waals surface area contributed by atoms with E-state index in [0.29, 0.717) is 0 Å². The first-order valence-electron chi connectivity index (χ1n) is 4.77. The Hall–Kier alpha value is 0.170. The van der Waals surface area contributed by atoms with Gasteiger partial charge in [0.1, 0.15) is 0 Å². The predicted octanol–water partition coefficient (Wildman–Crippen LogP) is 5.80. The van der Waals surface area contributed by atoms with Gasteiger partial charge in [-0.05, 0) is 52.6 Å². The topological polar surface area (TPSA) is 0 Å². The van der Waals surface area contributed by atoms with Crippen LogP contribution in [0.1, 0.15) is 16.5 Å². The van der Waals surface area contributed by atoms with Gasteiger partial charge in [0.05, 0.1) is 5.38 Å². The molecule has 0 saturated carbocycles. The molecule has 0 radical (unpaired) electrons. The summed E-state index contributed by atoms with van der Waals surface area (Å²) >= 11 is 15.1. The van der Waals surface area contributed by atoms with Crippen molar-refractivity contribution >= 4 is 54.8 Å². The maximum absolute atomic E-state index is 6.43. The maximum Gasteiger partial charge on any atom is 0.0637 e. The first-order chi connectivity index (χ1) is 7.66. The van der Waals surface area contributed by atoms with Crippen molar-refractivity contribution in [2.45, 2.75) is 11.8 Å². The summed E-state index contributed by atoms with van der Waals surface area (Å²) in [5, 5.41) is 4.22. The highest BCUT2D eigenvalue weighted by Gasteiger charge is 2.13. The molecule has 84 valence electrons. The van der Waals surface area contributed by atoms with Gasteiger partial charge in [0, 0.05) is 8.95 Å². The Bertz CT molecular complexity index is 468. The van der Waals surface area contributed by atoms with E-state index in [2.05, 4.69) is 54.8 Å². The minimum absolute atomic E-state index is 0.00137. The molecule has 0 nitrogen and oxygen atoms in total. The predicted molar refractivity (Wildman–Crippen MR) is 78.5 cm³/mol. The van der Waals surface area contributed by atoms with Crippen molar-refractivity contribution in [1.29, 1.82) is 0 Å². The van der Waals surface area contributed by atoms with Gasteiger partial charge < -0.3 is 0 Å². The van der Waals surface area contributed by atoms with Gasteiger partial charge in [0.25, 0.3) is 0 Å². The van der Waals surface area contributed by atoms with Gasteiger partial charge in [0.15, 0.2) is 0 Å². The highest BCUT2D eigenvalue weighted by molar-refractivity contribution is 9.11. The van der Waals surface area contributed by atoms with Crippen molar-refractivity contribution in [1.82, 2.24) is 0 Å². The zero-order chi connectivity index (χ0) is 11.5. The molecule has 0 bridgehead atoms. The summed E-state index contributed by atoms with van der Waals surface area (Å²) in [6, 6.07) is 8.20. The molecule has 1 heterocycles. The second-order valence-electron chi connectivity index (χ2n) is 3.47. The molecule has 0 amide bonds. The molecular weight excluding hydrogens is 371 g/mol. The number of hydrogen-bond donors (Lipinski definition) is 0. The molecule has 1 aromatic heterocycles. The van der Waals surface area contributed by atoms with Crippen LogP contribution in [0.2, 0.25) is 0 Å². The lowest BCUT2D eigenvalue weighted by Gasteiger charge is -2.11. The van der Waals surface area contributed by atoms with Crippen LogP contribution in [0.4, 0.5) is 0 Å². The van der Waals surface area contributed by atoms with Crippen LogP contribution in [-0.4, -0.2) is 0 Å². The lowest BCUT2D eigenvalue weighted by Crippen LogP contribution is -1.96. The Morgan fingerprint density at radius 2 is 2.06 bits per heavy atom. The third kappa shape index (κ3) is 3.10. The molecule has 4 heteroatoms. The first kappa shape index (κ1) is 12.6. The van der Waals surface area contributed by atoms with Gasteiger partial charge in [-0.2, -0.15) is 11.3 Å². The van der Waals surface area contributed by atoms with Gasteiger partial charge in [-0.15, -0.1) is 11.6 Å². The summed E-state index contributed by atoms with van der Waals surface area (Å²) in [6.07, 6.45) is 0.861. The number of thiophene rings is 1. The average Bonchev–Trinajstić information content (AvgIpc) is 2.74. The standard InChI is InChI=1S/C12H9Br2ClS/c13-9-1-2-11(14)10(6-9)12(15)5-8-3-4-16-7-8/h1-4,6-7,12H,5H2. The van der Waals surface area contributed by atoms with Crippen molar-refractivity contribution < 1.29 is 0 Å². The van der Waals surface area contributed by atoms with E-state index in [4.69, 9.17) is 11.6 Å². The second kappa shape index (κ2) is 5.67.